The number of hydrogen-bond acceptors (Lipinski definition) is 8. The summed E-state index contributed by atoms with van der Waals surface area (Å²) in [4.78, 5) is 26.1. The Kier molecular flexibility index (Phi) is 4.75. The van der Waals surface area contributed by atoms with Crippen LogP contribution in [0.1, 0.15) is 16.1 Å². The van der Waals surface area contributed by atoms with Crippen molar-refractivity contribution in [2.75, 3.05) is 5.43 Å². The lowest BCUT2D eigenvalue weighted by Crippen LogP contribution is -2.01. The number of nitro benzene ring substituents is 1. The average Bonchev–Trinajstić information content (AvgIpc) is 3.34. The number of furan rings is 1. The van der Waals surface area contributed by atoms with Crippen LogP contribution in [0.3, 0.4) is 0 Å². The lowest BCUT2D eigenvalue weighted by molar-refractivity contribution is -0.384. The summed E-state index contributed by atoms with van der Waals surface area (Å²) >= 11 is 1.46. The molecule has 4 aromatic rings. The van der Waals surface area contributed by atoms with E-state index in [1.54, 1.807) is 12.1 Å². The number of non-ortho nitro benzene ring substituents is 1. The van der Waals surface area contributed by atoms with Crippen LogP contribution >= 0.6 is 11.3 Å². The van der Waals surface area contributed by atoms with Gasteiger partial charge in [-0.2, -0.15) is 5.10 Å². The SMILES string of the molecule is O=C(O)c1cc([N+](=O)[O-])ccc1-c1ccc(/C=N\Nc2nc3ccccc3s2)o1. The number of anilines is 1. The Morgan fingerprint density at radius 3 is 2.83 bits per heavy atom. The average molecular weight is 408 g/mol. The molecule has 9 nitrogen and oxygen atoms in total. The molecule has 10 heteroatoms. The van der Waals surface area contributed by atoms with Crippen LogP contribution in [0.4, 0.5) is 10.8 Å². The lowest BCUT2D eigenvalue weighted by atomic mass is 10.0. The van der Waals surface area contributed by atoms with Gasteiger partial charge in [0.25, 0.3) is 5.69 Å². The first-order valence-electron chi connectivity index (χ1n) is 8.28. The van der Waals surface area contributed by atoms with Crippen LogP contribution in [0.25, 0.3) is 21.5 Å². The minimum atomic E-state index is -1.28. The quantitative estimate of drug-likeness (QED) is 0.270. The molecule has 0 fully saturated rings. The van der Waals surface area contributed by atoms with Gasteiger partial charge in [0, 0.05) is 17.7 Å². The van der Waals surface area contributed by atoms with Crippen molar-refractivity contribution < 1.29 is 19.2 Å². The first-order chi connectivity index (χ1) is 14.0. The van der Waals surface area contributed by atoms with E-state index < -0.39 is 10.9 Å². The zero-order valence-electron chi connectivity index (χ0n) is 14.6. The molecular formula is C19H12N4O5S. The Morgan fingerprint density at radius 2 is 2.07 bits per heavy atom. The van der Waals surface area contributed by atoms with Gasteiger partial charge in [-0.15, -0.1) is 0 Å². The molecule has 0 spiro atoms. The number of carbonyl (C=O) groups is 1. The number of carboxylic acids is 1. The van der Waals surface area contributed by atoms with E-state index in [4.69, 9.17) is 4.42 Å². The molecule has 2 heterocycles. The Hall–Kier alpha value is -4.05. The van der Waals surface area contributed by atoms with Gasteiger partial charge in [0.1, 0.15) is 11.5 Å². The third kappa shape index (κ3) is 3.82. The van der Waals surface area contributed by atoms with Gasteiger partial charge in [-0.3, -0.25) is 15.5 Å². The van der Waals surface area contributed by atoms with Gasteiger partial charge in [0.05, 0.1) is 26.9 Å². The summed E-state index contributed by atoms with van der Waals surface area (Å²) in [6.07, 6.45) is 1.43. The summed E-state index contributed by atoms with van der Waals surface area (Å²) in [6.45, 7) is 0. The molecule has 4 rings (SSSR count). The number of aromatic carboxylic acids is 1. The molecular weight excluding hydrogens is 396 g/mol. The van der Waals surface area contributed by atoms with Crippen molar-refractivity contribution in [3.05, 3.63) is 76.0 Å². The summed E-state index contributed by atoms with van der Waals surface area (Å²) in [5, 5.41) is 24.9. The van der Waals surface area contributed by atoms with Crippen molar-refractivity contribution >= 4 is 44.6 Å². The number of nitrogens with zero attached hydrogens (tertiary/aromatic N) is 3. The summed E-state index contributed by atoms with van der Waals surface area (Å²) in [5.41, 5.74) is 3.41. The van der Waals surface area contributed by atoms with Crippen molar-refractivity contribution in [3.8, 4) is 11.3 Å². The number of aromatic nitrogens is 1. The summed E-state index contributed by atoms with van der Waals surface area (Å²) in [7, 11) is 0. The molecule has 2 aromatic heterocycles. The number of hydrazone groups is 1. The Bertz CT molecular complexity index is 1230. The van der Waals surface area contributed by atoms with Crippen molar-refractivity contribution in [2.45, 2.75) is 0 Å². The van der Waals surface area contributed by atoms with E-state index >= 15 is 0 Å². The van der Waals surface area contributed by atoms with Crippen LogP contribution < -0.4 is 5.43 Å². The van der Waals surface area contributed by atoms with Crippen LogP contribution in [0.15, 0.2) is 64.1 Å². The van der Waals surface area contributed by atoms with Gasteiger partial charge < -0.3 is 9.52 Å². The van der Waals surface area contributed by atoms with Gasteiger partial charge in [-0.1, -0.05) is 23.5 Å². The second-order valence-electron chi connectivity index (χ2n) is 5.85. The van der Waals surface area contributed by atoms with Crippen molar-refractivity contribution in [1.82, 2.24) is 4.98 Å². The fourth-order valence-electron chi connectivity index (χ4n) is 2.68. The minimum absolute atomic E-state index is 0.218. The highest BCUT2D eigenvalue weighted by Crippen LogP contribution is 2.29. The summed E-state index contributed by atoms with van der Waals surface area (Å²) in [6, 6.07) is 14.5. The zero-order valence-corrected chi connectivity index (χ0v) is 15.4. The van der Waals surface area contributed by atoms with E-state index in [0.717, 1.165) is 16.3 Å². The fraction of sp³-hybridized carbons (Fsp3) is 0. The van der Waals surface area contributed by atoms with Crippen LogP contribution in [0.5, 0.6) is 0 Å². The normalized spacial score (nSPS) is 11.2. The molecule has 0 atom stereocenters. The number of carboxylic acid groups (broad SMARTS) is 1. The molecule has 0 radical (unpaired) electrons. The topological polar surface area (TPSA) is 131 Å². The first kappa shape index (κ1) is 18.3. The van der Waals surface area contributed by atoms with Crippen LogP contribution in [-0.2, 0) is 0 Å². The summed E-state index contributed by atoms with van der Waals surface area (Å²) < 4.78 is 6.65. The van der Waals surface area contributed by atoms with Gasteiger partial charge in [0.2, 0.25) is 5.13 Å². The van der Waals surface area contributed by atoms with Crippen molar-refractivity contribution in [1.29, 1.82) is 0 Å². The van der Waals surface area contributed by atoms with Crippen molar-refractivity contribution in [3.63, 3.8) is 0 Å². The van der Waals surface area contributed by atoms with Gasteiger partial charge in [0.15, 0.2) is 0 Å². The van der Waals surface area contributed by atoms with E-state index in [1.807, 2.05) is 24.3 Å². The number of para-hydroxylation sites is 1. The van der Waals surface area contributed by atoms with Gasteiger partial charge in [-0.25, -0.2) is 9.78 Å². The molecule has 2 aromatic carbocycles. The molecule has 0 aliphatic rings. The van der Waals surface area contributed by atoms with Gasteiger partial charge in [-0.05, 0) is 30.3 Å². The van der Waals surface area contributed by atoms with E-state index in [-0.39, 0.29) is 22.6 Å². The van der Waals surface area contributed by atoms with Crippen LogP contribution in [0.2, 0.25) is 0 Å². The van der Waals surface area contributed by atoms with Crippen LogP contribution in [0, 0.1) is 10.1 Å². The van der Waals surface area contributed by atoms with E-state index in [1.165, 1.54) is 29.7 Å². The minimum Gasteiger partial charge on any atom is -0.478 e. The number of thiazole rings is 1. The monoisotopic (exact) mass is 408 g/mol. The molecule has 0 saturated heterocycles. The van der Waals surface area contributed by atoms with E-state index in [0.29, 0.717) is 10.9 Å². The largest absolute Gasteiger partial charge is 0.478 e. The second kappa shape index (κ2) is 7.52. The maximum atomic E-state index is 11.5. The highest BCUT2D eigenvalue weighted by atomic mass is 32.1. The number of fused-ring (bicyclic) bond motifs is 1. The molecule has 2 N–H and O–H groups in total. The van der Waals surface area contributed by atoms with Crippen LogP contribution in [-0.4, -0.2) is 27.2 Å². The molecule has 0 aliphatic heterocycles. The first-order valence-corrected chi connectivity index (χ1v) is 9.09. The third-order valence-corrected chi connectivity index (χ3v) is 4.92. The molecule has 0 aliphatic carbocycles. The Morgan fingerprint density at radius 1 is 1.24 bits per heavy atom. The highest BCUT2D eigenvalue weighted by molar-refractivity contribution is 7.22. The lowest BCUT2D eigenvalue weighted by Gasteiger charge is -2.03. The maximum Gasteiger partial charge on any atom is 0.336 e. The number of nitrogens with one attached hydrogen (secondary N) is 1. The standard InChI is InChI=1S/C19H12N4O5S/c24-18(25)14-9-11(23(26)27)5-7-13(14)16-8-6-12(28-16)10-20-22-19-21-15-3-1-2-4-17(15)29-19/h1-10H,(H,21,22)(H,24,25)/b20-10-. The second-order valence-corrected chi connectivity index (χ2v) is 6.88. The zero-order chi connectivity index (χ0) is 20.4. The molecule has 0 bridgehead atoms. The summed E-state index contributed by atoms with van der Waals surface area (Å²) in [5.74, 6) is -0.644. The number of benzene rings is 2. The smallest absolute Gasteiger partial charge is 0.336 e. The van der Waals surface area contributed by atoms with Gasteiger partial charge >= 0.3 is 5.97 Å². The Balaban J connectivity index is 1.54. The van der Waals surface area contributed by atoms with E-state index in [9.17, 15) is 20.0 Å². The molecule has 0 saturated carbocycles. The van der Waals surface area contributed by atoms with E-state index in [2.05, 4.69) is 15.5 Å². The molecule has 0 unspecified atom stereocenters. The number of hydrogen-bond donors (Lipinski definition) is 2. The predicted octanol–water partition coefficient (Wildman–Crippen LogP) is 4.61. The number of rotatable bonds is 6. The third-order valence-electron chi connectivity index (χ3n) is 3.98. The number of nitro groups is 1. The molecule has 29 heavy (non-hydrogen) atoms. The predicted molar refractivity (Wildman–Crippen MR) is 109 cm³/mol. The Labute approximate surface area is 167 Å². The van der Waals surface area contributed by atoms with Crippen molar-refractivity contribution in [2.24, 2.45) is 5.10 Å². The molecule has 144 valence electrons. The highest BCUT2D eigenvalue weighted by Gasteiger charge is 2.19. The molecule has 0 amide bonds. The maximum absolute atomic E-state index is 11.5. The fourth-order valence-corrected chi connectivity index (χ4v) is 3.49.